The maximum Gasteiger partial charge on any atom is 0.256 e. The van der Waals surface area contributed by atoms with E-state index in [1.807, 2.05) is 35.8 Å². The molecular formula is C25H34N4O2S. The molecule has 1 saturated heterocycles. The lowest BCUT2D eigenvalue weighted by molar-refractivity contribution is -0.132. The summed E-state index contributed by atoms with van der Waals surface area (Å²) in [5, 5.41) is 0.738. The van der Waals surface area contributed by atoms with Crippen LogP contribution in [0.25, 0.3) is 0 Å². The van der Waals surface area contributed by atoms with Gasteiger partial charge in [0.15, 0.2) is 0 Å². The highest BCUT2D eigenvalue weighted by atomic mass is 32.2. The second-order valence-corrected chi connectivity index (χ2v) is 9.25. The molecule has 0 aliphatic carbocycles. The highest BCUT2D eigenvalue weighted by Gasteiger charge is 2.24. The standard InChI is InChI=1S/C25H34N4O2S/c1-5-28(6-2)23(30)18-27-13-8-14-29(16-15-27)25(31)21-9-7-12-26-24(21)32-22-11-10-19(3)17-20(22)4/h7,9-12,17H,5-6,8,13-16,18H2,1-4H3. The van der Waals surface area contributed by atoms with Crippen LogP contribution in [-0.4, -0.2) is 77.3 Å². The van der Waals surface area contributed by atoms with E-state index in [1.54, 1.807) is 18.0 Å². The van der Waals surface area contributed by atoms with Crippen LogP contribution in [0.4, 0.5) is 0 Å². The summed E-state index contributed by atoms with van der Waals surface area (Å²) in [5.74, 6) is 0.177. The van der Waals surface area contributed by atoms with Crippen LogP contribution in [0.2, 0.25) is 0 Å². The number of carbonyl (C=O) groups excluding carboxylic acids is 2. The maximum atomic E-state index is 13.4. The normalized spacial score (nSPS) is 14.8. The van der Waals surface area contributed by atoms with Crippen LogP contribution < -0.4 is 0 Å². The summed E-state index contributed by atoms with van der Waals surface area (Å²) in [6, 6.07) is 10.0. The molecular weight excluding hydrogens is 420 g/mol. The molecule has 0 bridgehead atoms. The molecule has 2 aromatic rings. The number of hydrogen-bond acceptors (Lipinski definition) is 5. The van der Waals surface area contributed by atoms with Gasteiger partial charge in [-0.1, -0.05) is 29.5 Å². The fourth-order valence-corrected chi connectivity index (χ4v) is 4.97. The average Bonchev–Trinajstić information content (AvgIpc) is 3.02. The number of nitrogens with zero attached hydrogens (tertiary/aromatic N) is 4. The summed E-state index contributed by atoms with van der Waals surface area (Å²) < 4.78 is 0. The maximum absolute atomic E-state index is 13.4. The lowest BCUT2D eigenvalue weighted by Crippen LogP contribution is -2.42. The van der Waals surface area contributed by atoms with Gasteiger partial charge in [0.1, 0.15) is 5.03 Å². The first kappa shape index (κ1) is 24.3. The van der Waals surface area contributed by atoms with E-state index in [0.29, 0.717) is 31.7 Å². The number of aromatic nitrogens is 1. The number of amides is 2. The van der Waals surface area contributed by atoms with Crippen molar-refractivity contribution in [3.8, 4) is 0 Å². The predicted octanol–water partition coefficient (Wildman–Crippen LogP) is 3.87. The Kier molecular flexibility index (Phi) is 8.70. The Morgan fingerprint density at radius 2 is 1.84 bits per heavy atom. The van der Waals surface area contributed by atoms with Crippen molar-refractivity contribution in [2.24, 2.45) is 0 Å². The van der Waals surface area contributed by atoms with E-state index in [9.17, 15) is 9.59 Å². The van der Waals surface area contributed by atoms with Crippen LogP contribution in [0.15, 0.2) is 46.5 Å². The topological polar surface area (TPSA) is 56.8 Å². The van der Waals surface area contributed by atoms with E-state index >= 15 is 0 Å². The highest BCUT2D eigenvalue weighted by molar-refractivity contribution is 7.99. The number of benzene rings is 1. The van der Waals surface area contributed by atoms with Crippen LogP contribution in [0.5, 0.6) is 0 Å². The quantitative estimate of drug-likeness (QED) is 0.636. The number of pyridine rings is 1. The van der Waals surface area contributed by atoms with E-state index in [0.717, 1.165) is 36.0 Å². The molecule has 0 unspecified atom stereocenters. The first-order chi connectivity index (χ1) is 15.4. The van der Waals surface area contributed by atoms with Crippen molar-refractivity contribution in [3.63, 3.8) is 0 Å². The van der Waals surface area contributed by atoms with Crippen LogP contribution in [-0.2, 0) is 4.79 Å². The molecule has 2 heterocycles. The van der Waals surface area contributed by atoms with Crippen molar-refractivity contribution in [1.29, 1.82) is 0 Å². The average molecular weight is 455 g/mol. The highest BCUT2D eigenvalue weighted by Crippen LogP contribution is 2.32. The first-order valence-corrected chi connectivity index (χ1v) is 12.2. The van der Waals surface area contributed by atoms with E-state index in [2.05, 4.69) is 41.9 Å². The summed E-state index contributed by atoms with van der Waals surface area (Å²) in [6.45, 7) is 12.9. The van der Waals surface area contributed by atoms with Crippen molar-refractivity contribution in [1.82, 2.24) is 19.7 Å². The third-order valence-electron chi connectivity index (χ3n) is 5.89. The smallest absolute Gasteiger partial charge is 0.256 e. The summed E-state index contributed by atoms with van der Waals surface area (Å²) in [4.78, 5) is 37.5. The van der Waals surface area contributed by atoms with Crippen molar-refractivity contribution >= 4 is 23.6 Å². The van der Waals surface area contributed by atoms with Gasteiger partial charge in [-0.3, -0.25) is 14.5 Å². The molecule has 1 aromatic heterocycles. The Morgan fingerprint density at radius 1 is 1.06 bits per heavy atom. The third-order valence-corrected chi connectivity index (χ3v) is 7.09. The van der Waals surface area contributed by atoms with Crippen LogP contribution in [0.1, 0.15) is 41.8 Å². The van der Waals surface area contributed by atoms with E-state index in [4.69, 9.17) is 0 Å². The fraction of sp³-hybridized carbons (Fsp3) is 0.480. The molecule has 1 fully saturated rings. The van der Waals surface area contributed by atoms with Gasteiger partial charge >= 0.3 is 0 Å². The molecule has 0 spiro atoms. The summed E-state index contributed by atoms with van der Waals surface area (Å²) >= 11 is 1.55. The van der Waals surface area contributed by atoms with Crippen molar-refractivity contribution in [3.05, 3.63) is 53.2 Å². The van der Waals surface area contributed by atoms with Gasteiger partial charge in [0.05, 0.1) is 12.1 Å². The van der Waals surface area contributed by atoms with E-state index in [1.165, 1.54) is 11.1 Å². The second kappa shape index (κ2) is 11.5. The molecule has 1 aromatic carbocycles. The summed E-state index contributed by atoms with van der Waals surface area (Å²) in [5.41, 5.74) is 3.05. The van der Waals surface area contributed by atoms with Crippen LogP contribution >= 0.6 is 11.8 Å². The SMILES string of the molecule is CCN(CC)C(=O)CN1CCCN(C(=O)c2cccnc2Sc2ccc(C)cc2C)CC1. The second-order valence-electron chi connectivity index (χ2n) is 8.22. The predicted molar refractivity (Wildman–Crippen MR) is 129 cm³/mol. The monoisotopic (exact) mass is 454 g/mol. The largest absolute Gasteiger partial charge is 0.342 e. The Bertz CT molecular complexity index is 945. The first-order valence-electron chi connectivity index (χ1n) is 11.4. The molecule has 7 heteroatoms. The van der Waals surface area contributed by atoms with Gasteiger partial charge in [0.2, 0.25) is 5.91 Å². The Morgan fingerprint density at radius 3 is 2.56 bits per heavy atom. The minimum Gasteiger partial charge on any atom is -0.342 e. The van der Waals surface area contributed by atoms with Crippen molar-refractivity contribution in [2.75, 3.05) is 45.8 Å². The van der Waals surface area contributed by atoms with Crippen LogP contribution in [0, 0.1) is 13.8 Å². The molecule has 2 amide bonds. The minimum absolute atomic E-state index is 0.0160. The van der Waals surface area contributed by atoms with Crippen LogP contribution in [0.3, 0.4) is 0 Å². The zero-order valence-corrected chi connectivity index (χ0v) is 20.5. The zero-order chi connectivity index (χ0) is 23.1. The molecule has 6 nitrogen and oxygen atoms in total. The van der Waals surface area contributed by atoms with Gasteiger partial charge in [0.25, 0.3) is 5.91 Å². The lowest BCUT2D eigenvalue weighted by Gasteiger charge is -2.25. The number of hydrogen-bond donors (Lipinski definition) is 0. The third kappa shape index (κ3) is 6.11. The molecule has 1 aliphatic heterocycles. The molecule has 1 aliphatic rings. The molecule has 172 valence electrons. The summed E-state index contributed by atoms with van der Waals surface area (Å²) in [6.07, 6.45) is 2.60. The van der Waals surface area contributed by atoms with Gasteiger partial charge < -0.3 is 9.80 Å². The lowest BCUT2D eigenvalue weighted by atomic mass is 10.2. The molecule has 3 rings (SSSR count). The number of likely N-dealkylation sites (N-methyl/N-ethyl adjacent to an activating group) is 1. The minimum atomic E-state index is 0.0160. The fourth-order valence-electron chi connectivity index (χ4n) is 4.02. The number of carbonyl (C=O) groups is 2. The molecule has 0 saturated carbocycles. The molecule has 0 N–H and O–H groups in total. The van der Waals surface area contributed by atoms with Crippen molar-refractivity contribution < 1.29 is 9.59 Å². The Labute approximate surface area is 196 Å². The van der Waals surface area contributed by atoms with Gasteiger partial charge in [-0.25, -0.2) is 4.98 Å². The Hall–Kier alpha value is -2.38. The zero-order valence-electron chi connectivity index (χ0n) is 19.6. The van der Waals surface area contributed by atoms with Gasteiger partial charge in [0, 0.05) is 50.4 Å². The molecule has 0 atom stereocenters. The van der Waals surface area contributed by atoms with Gasteiger partial charge in [-0.15, -0.1) is 0 Å². The number of rotatable bonds is 7. The van der Waals surface area contributed by atoms with Gasteiger partial charge in [-0.2, -0.15) is 0 Å². The summed E-state index contributed by atoms with van der Waals surface area (Å²) in [7, 11) is 0. The van der Waals surface area contributed by atoms with Gasteiger partial charge in [-0.05, 0) is 57.9 Å². The van der Waals surface area contributed by atoms with E-state index in [-0.39, 0.29) is 11.8 Å². The number of aryl methyl sites for hydroxylation is 2. The Balaban J connectivity index is 1.68. The van der Waals surface area contributed by atoms with E-state index < -0.39 is 0 Å². The molecule has 0 radical (unpaired) electrons. The molecule has 32 heavy (non-hydrogen) atoms. The van der Waals surface area contributed by atoms with Crippen molar-refractivity contribution in [2.45, 2.75) is 44.0 Å².